The fourth-order valence-electron chi connectivity index (χ4n) is 7.44. The summed E-state index contributed by atoms with van der Waals surface area (Å²) >= 11 is 0. The highest BCUT2D eigenvalue weighted by molar-refractivity contribution is 6.23. The quantitative estimate of drug-likeness (QED) is 0.243. The van der Waals surface area contributed by atoms with Crippen LogP contribution in [0.5, 0.6) is 0 Å². The van der Waals surface area contributed by atoms with Gasteiger partial charge in [-0.05, 0) is 68.4 Å². The molecule has 5 aliphatic rings. The smallest absolute Gasteiger partial charge is 0.262 e. The number of anilines is 2. The molecule has 3 aliphatic heterocycles. The fourth-order valence-corrected chi connectivity index (χ4v) is 7.44. The van der Waals surface area contributed by atoms with E-state index in [2.05, 4.69) is 26.4 Å². The predicted molar refractivity (Wildman–Crippen MR) is 174 cm³/mol. The Balaban J connectivity index is 0.861. The molecule has 48 heavy (non-hydrogen) atoms. The van der Waals surface area contributed by atoms with Crippen LogP contribution in [-0.2, 0) is 9.59 Å². The van der Waals surface area contributed by atoms with Crippen molar-refractivity contribution in [1.82, 2.24) is 30.0 Å². The lowest BCUT2D eigenvalue weighted by molar-refractivity contribution is -0.136. The summed E-state index contributed by atoms with van der Waals surface area (Å²) in [5.41, 5.74) is 6.92. The molecular formula is C35H34N8O5. The van der Waals surface area contributed by atoms with Crippen molar-refractivity contribution < 1.29 is 24.3 Å². The third-order valence-electron chi connectivity index (χ3n) is 10.4. The number of hydrogen-bond acceptors (Lipinski definition) is 10. The van der Waals surface area contributed by atoms with Crippen LogP contribution in [0.15, 0.2) is 48.8 Å². The lowest BCUT2D eigenvalue weighted by Gasteiger charge is -2.38. The van der Waals surface area contributed by atoms with Gasteiger partial charge in [-0.2, -0.15) is 5.10 Å². The number of aromatic nitrogens is 4. The lowest BCUT2D eigenvalue weighted by Crippen LogP contribution is -2.54. The first-order valence-electron chi connectivity index (χ1n) is 16.7. The van der Waals surface area contributed by atoms with Gasteiger partial charge in [0.25, 0.3) is 11.8 Å². The van der Waals surface area contributed by atoms with Crippen molar-refractivity contribution in [2.45, 2.75) is 62.6 Å². The maximum atomic E-state index is 13.2. The molecule has 5 heterocycles. The van der Waals surface area contributed by atoms with Crippen molar-refractivity contribution >= 4 is 46.0 Å². The first-order chi connectivity index (χ1) is 23.3. The van der Waals surface area contributed by atoms with Crippen molar-refractivity contribution in [3.05, 3.63) is 65.6 Å². The van der Waals surface area contributed by atoms with Crippen molar-refractivity contribution in [3.8, 4) is 11.3 Å². The number of hydrogen-bond donors (Lipinski definition) is 3. The molecule has 2 saturated heterocycles. The molecule has 2 aromatic carbocycles. The molecule has 9 rings (SSSR count). The van der Waals surface area contributed by atoms with Crippen molar-refractivity contribution in [2.75, 3.05) is 29.9 Å². The highest BCUT2D eigenvalue weighted by Crippen LogP contribution is 2.46. The van der Waals surface area contributed by atoms with Crippen LogP contribution in [0, 0.1) is 5.92 Å². The van der Waals surface area contributed by atoms with E-state index < -0.39 is 29.7 Å². The number of piperidine rings is 1. The molecule has 0 spiro atoms. The monoisotopic (exact) mass is 646 g/mol. The molecule has 2 aromatic heterocycles. The maximum absolute atomic E-state index is 13.2. The second-order valence-corrected chi connectivity index (χ2v) is 13.7. The van der Waals surface area contributed by atoms with E-state index in [-0.39, 0.29) is 36.1 Å². The number of imide groups is 2. The topological polar surface area (TPSA) is 163 Å². The largest absolute Gasteiger partial charge is 0.389 e. The van der Waals surface area contributed by atoms with Gasteiger partial charge in [-0.15, -0.1) is 0 Å². The maximum Gasteiger partial charge on any atom is 0.262 e. The lowest BCUT2D eigenvalue weighted by atomic mass is 9.80. The molecule has 1 atom stereocenters. The van der Waals surface area contributed by atoms with E-state index in [1.165, 1.54) is 0 Å². The SMILES string of the molecule is O=C1CCC(N2C(=O)c3ccc(NC[C@H]4C[C@H](n5cc(-c6cnc7c(N8CC(O)C8)cccc7n6)c(C6CC6)n5)C4)cc3C2=O)C(=O)N1. The number of benzene rings is 2. The van der Waals surface area contributed by atoms with Crippen LogP contribution < -0.4 is 15.5 Å². The number of nitrogens with one attached hydrogen (secondary N) is 2. The average Bonchev–Trinajstić information content (AvgIpc) is 3.76. The Morgan fingerprint density at radius 1 is 0.958 bits per heavy atom. The first kappa shape index (κ1) is 29.0. The zero-order chi connectivity index (χ0) is 32.7. The van der Waals surface area contributed by atoms with Crippen LogP contribution in [0.1, 0.15) is 76.9 Å². The summed E-state index contributed by atoms with van der Waals surface area (Å²) in [6.45, 7) is 1.93. The minimum atomic E-state index is -0.978. The Hall–Kier alpha value is -5.17. The molecule has 4 aromatic rings. The van der Waals surface area contributed by atoms with Gasteiger partial charge >= 0.3 is 0 Å². The number of para-hydroxylation sites is 1. The van der Waals surface area contributed by atoms with Gasteiger partial charge in [0.1, 0.15) is 11.6 Å². The molecule has 0 radical (unpaired) electrons. The van der Waals surface area contributed by atoms with Crippen LogP contribution in [0.25, 0.3) is 22.3 Å². The molecule has 13 heteroatoms. The van der Waals surface area contributed by atoms with Gasteiger partial charge < -0.3 is 15.3 Å². The number of carbonyl (C=O) groups is 4. The highest BCUT2D eigenvalue weighted by Gasteiger charge is 2.45. The van der Waals surface area contributed by atoms with E-state index in [1.807, 2.05) is 24.4 Å². The predicted octanol–water partition coefficient (Wildman–Crippen LogP) is 3.02. The van der Waals surface area contributed by atoms with E-state index in [9.17, 15) is 24.3 Å². The highest BCUT2D eigenvalue weighted by atomic mass is 16.3. The second kappa shape index (κ2) is 10.9. The third kappa shape index (κ3) is 4.83. The summed E-state index contributed by atoms with van der Waals surface area (Å²) in [5, 5.41) is 20.5. The Morgan fingerprint density at radius 2 is 1.77 bits per heavy atom. The minimum Gasteiger partial charge on any atom is -0.389 e. The van der Waals surface area contributed by atoms with E-state index >= 15 is 0 Å². The number of rotatable bonds is 8. The summed E-state index contributed by atoms with van der Waals surface area (Å²) in [4.78, 5) is 63.1. The van der Waals surface area contributed by atoms with Gasteiger partial charge in [0.15, 0.2) is 0 Å². The van der Waals surface area contributed by atoms with Crippen LogP contribution in [-0.4, -0.2) is 85.2 Å². The van der Waals surface area contributed by atoms with Gasteiger partial charge in [-0.25, -0.2) is 4.98 Å². The van der Waals surface area contributed by atoms with E-state index in [0.29, 0.717) is 31.5 Å². The number of aliphatic hydroxyl groups is 1. The third-order valence-corrected chi connectivity index (χ3v) is 10.4. The van der Waals surface area contributed by atoms with Crippen LogP contribution in [0.3, 0.4) is 0 Å². The number of fused-ring (bicyclic) bond motifs is 2. The zero-order valence-corrected chi connectivity index (χ0v) is 26.1. The van der Waals surface area contributed by atoms with Crippen molar-refractivity contribution in [2.24, 2.45) is 5.92 Å². The van der Waals surface area contributed by atoms with Crippen LogP contribution in [0.2, 0.25) is 0 Å². The normalized spacial score (nSPS) is 24.1. The molecule has 3 N–H and O–H groups in total. The summed E-state index contributed by atoms with van der Waals surface area (Å²) < 4.78 is 2.10. The number of aliphatic hydroxyl groups excluding tert-OH is 1. The summed E-state index contributed by atoms with van der Waals surface area (Å²) in [5.74, 6) is -1.16. The van der Waals surface area contributed by atoms with Gasteiger partial charge in [0, 0.05) is 49.4 Å². The minimum absolute atomic E-state index is 0.0883. The Kier molecular flexibility index (Phi) is 6.61. The second-order valence-electron chi connectivity index (χ2n) is 13.7. The fraction of sp³-hybridized carbons (Fsp3) is 0.400. The molecule has 1 unspecified atom stereocenters. The summed E-state index contributed by atoms with van der Waals surface area (Å²) in [6, 6.07) is 10.4. The molecule has 2 saturated carbocycles. The molecule has 0 bridgehead atoms. The van der Waals surface area contributed by atoms with Gasteiger partial charge in [0.2, 0.25) is 11.8 Å². The van der Waals surface area contributed by atoms with Crippen LogP contribution >= 0.6 is 0 Å². The first-order valence-corrected chi connectivity index (χ1v) is 16.7. The summed E-state index contributed by atoms with van der Waals surface area (Å²) in [6.07, 6.45) is 8.08. The molecule has 4 amide bonds. The summed E-state index contributed by atoms with van der Waals surface area (Å²) in [7, 11) is 0. The van der Waals surface area contributed by atoms with E-state index in [0.717, 1.165) is 69.9 Å². The molecule has 2 aliphatic carbocycles. The molecule has 244 valence electrons. The standard InChI is InChI=1S/C35H34N8O5/c44-22-15-41(16-22)28-3-1-2-26-32(28)37-14-27(38-26)25-17-42(40-31(25)19-4-5-19)21-10-18(11-21)13-36-20-6-7-23-24(12-20)35(48)43(34(23)47)29-8-9-30(45)39-33(29)46/h1-3,6-7,12,14,17-19,21-22,29,36,44H,4-5,8-11,13,15-16H2,(H,39,45,46)/t18-,21-,29?. The number of nitrogens with zero attached hydrogens (tertiary/aromatic N) is 6. The Bertz CT molecular complexity index is 2030. The van der Waals surface area contributed by atoms with E-state index in [1.54, 1.807) is 18.2 Å². The van der Waals surface area contributed by atoms with Crippen molar-refractivity contribution in [3.63, 3.8) is 0 Å². The number of amides is 4. The number of carbonyl (C=O) groups excluding carboxylic acids is 4. The molecule has 4 fully saturated rings. The number of β-amino-alcohol motifs (C(OH)–C–C–N with tert-alkyl or cyclic N) is 1. The van der Waals surface area contributed by atoms with Crippen LogP contribution in [0.4, 0.5) is 11.4 Å². The average molecular weight is 647 g/mol. The zero-order valence-electron chi connectivity index (χ0n) is 26.1. The van der Waals surface area contributed by atoms with Crippen molar-refractivity contribution in [1.29, 1.82) is 0 Å². The van der Waals surface area contributed by atoms with Gasteiger partial charge in [-0.1, -0.05) is 6.07 Å². The molecular weight excluding hydrogens is 612 g/mol. The molecule has 13 nitrogen and oxygen atoms in total. The Labute approximate surface area is 275 Å². The van der Waals surface area contributed by atoms with Gasteiger partial charge in [0.05, 0.1) is 52.1 Å². The van der Waals surface area contributed by atoms with E-state index in [4.69, 9.17) is 15.1 Å². The van der Waals surface area contributed by atoms with Gasteiger partial charge in [-0.3, -0.25) is 39.1 Å². The Morgan fingerprint density at radius 3 is 2.54 bits per heavy atom.